The van der Waals surface area contributed by atoms with Crippen molar-refractivity contribution in [3.05, 3.63) is 108 Å². The van der Waals surface area contributed by atoms with Crippen molar-refractivity contribution in [1.82, 2.24) is 0 Å². The van der Waals surface area contributed by atoms with Crippen LogP contribution in [0.1, 0.15) is 16.7 Å². The van der Waals surface area contributed by atoms with Gasteiger partial charge in [-0.3, -0.25) is 0 Å². The Kier molecular flexibility index (Phi) is 6.43. The molecule has 0 saturated carbocycles. The molecule has 1 nitrogen and oxygen atoms in total. The van der Waals surface area contributed by atoms with Gasteiger partial charge in [0, 0.05) is 5.69 Å². The van der Waals surface area contributed by atoms with E-state index in [9.17, 15) is 0 Å². The van der Waals surface area contributed by atoms with Crippen LogP contribution in [0.25, 0.3) is 18.2 Å². The SMILES string of the molecule is C=Cc1ccccc1C=Cc1ccccc1.Nc1ccccc1. The Balaban J connectivity index is 0.000000229. The third kappa shape index (κ3) is 5.68. The van der Waals surface area contributed by atoms with Crippen molar-refractivity contribution in [2.45, 2.75) is 0 Å². The zero-order valence-electron chi connectivity index (χ0n) is 13.1. The van der Waals surface area contributed by atoms with E-state index in [0.717, 1.165) is 11.3 Å². The Bertz CT molecular complexity index is 743. The molecule has 0 aliphatic rings. The molecule has 0 unspecified atom stereocenters. The summed E-state index contributed by atoms with van der Waals surface area (Å²) in [5.41, 5.74) is 9.75. The molecule has 0 saturated heterocycles. The Morgan fingerprint density at radius 3 is 1.65 bits per heavy atom. The van der Waals surface area contributed by atoms with E-state index in [4.69, 9.17) is 5.73 Å². The van der Waals surface area contributed by atoms with Gasteiger partial charge >= 0.3 is 0 Å². The van der Waals surface area contributed by atoms with Crippen LogP contribution in [0.2, 0.25) is 0 Å². The van der Waals surface area contributed by atoms with Gasteiger partial charge in [0.2, 0.25) is 0 Å². The van der Waals surface area contributed by atoms with Gasteiger partial charge in [-0.05, 0) is 28.8 Å². The predicted molar refractivity (Wildman–Crippen MR) is 103 cm³/mol. The van der Waals surface area contributed by atoms with Crippen molar-refractivity contribution < 1.29 is 0 Å². The monoisotopic (exact) mass is 299 g/mol. The van der Waals surface area contributed by atoms with Gasteiger partial charge in [-0.15, -0.1) is 0 Å². The van der Waals surface area contributed by atoms with E-state index in [0.29, 0.717) is 0 Å². The molecule has 114 valence electrons. The van der Waals surface area contributed by atoms with Gasteiger partial charge in [0.05, 0.1) is 0 Å². The van der Waals surface area contributed by atoms with Crippen molar-refractivity contribution in [1.29, 1.82) is 0 Å². The van der Waals surface area contributed by atoms with Crippen LogP contribution in [-0.4, -0.2) is 0 Å². The molecule has 3 rings (SSSR count). The lowest BCUT2D eigenvalue weighted by atomic mass is 10.1. The summed E-state index contributed by atoms with van der Waals surface area (Å²) in [7, 11) is 0. The highest BCUT2D eigenvalue weighted by atomic mass is 14.5. The van der Waals surface area contributed by atoms with E-state index >= 15 is 0 Å². The maximum Gasteiger partial charge on any atom is 0.0313 e. The zero-order valence-corrected chi connectivity index (χ0v) is 13.1. The maximum atomic E-state index is 5.36. The minimum absolute atomic E-state index is 0.822. The maximum absolute atomic E-state index is 5.36. The third-order valence-corrected chi connectivity index (χ3v) is 3.27. The van der Waals surface area contributed by atoms with Crippen LogP contribution in [0, 0.1) is 0 Å². The molecule has 23 heavy (non-hydrogen) atoms. The summed E-state index contributed by atoms with van der Waals surface area (Å²) in [4.78, 5) is 0. The van der Waals surface area contributed by atoms with E-state index in [-0.39, 0.29) is 0 Å². The number of anilines is 1. The minimum Gasteiger partial charge on any atom is -0.399 e. The fraction of sp³-hybridized carbons (Fsp3) is 0. The zero-order chi connectivity index (χ0) is 16.3. The number of benzene rings is 3. The van der Waals surface area contributed by atoms with Crippen LogP contribution in [-0.2, 0) is 0 Å². The molecule has 0 amide bonds. The van der Waals surface area contributed by atoms with Crippen molar-refractivity contribution in [2.24, 2.45) is 0 Å². The highest BCUT2D eigenvalue weighted by Crippen LogP contribution is 2.13. The molecule has 0 atom stereocenters. The Labute approximate surface area is 138 Å². The number of hydrogen-bond donors (Lipinski definition) is 1. The lowest BCUT2D eigenvalue weighted by molar-refractivity contribution is 1.61. The van der Waals surface area contributed by atoms with Gasteiger partial charge in [-0.2, -0.15) is 0 Å². The lowest BCUT2D eigenvalue weighted by Crippen LogP contribution is -1.79. The van der Waals surface area contributed by atoms with E-state index in [2.05, 4.69) is 43.0 Å². The summed E-state index contributed by atoms with van der Waals surface area (Å²) in [6.07, 6.45) is 6.11. The van der Waals surface area contributed by atoms with Crippen LogP contribution in [0.5, 0.6) is 0 Å². The molecular weight excluding hydrogens is 278 g/mol. The minimum atomic E-state index is 0.822. The molecule has 3 aromatic carbocycles. The summed E-state index contributed by atoms with van der Waals surface area (Å²) in [6.45, 7) is 3.81. The second-order valence-corrected chi connectivity index (χ2v) is 4.99. The summed E-state index contributed by atoms with van der Waals surface area (Å²) >= 11 is 0. The van der Waals surface area contributed by atoms with Gasteiger partial charge in [0.1, 0.15) is 0 Å². The van der Waals surface area contributed by atoms with Crippen LogP contribution in [0.3, 0.4) is 0 Å². The van der Waals surface area contributed by atoms with Gasteiger partial charge in [0.15, 0.2) is 0 Å². The standard InChI is InChI=1S/C16H14.C6H7N/c1-2-15-10-6-7-11-16(15)13-12-14-8-4-3-5-9-14;7-6-4-2-1-3-5-6/h2-13H,1H2;1-5H,7H2. The first-order valence-corrected chi connectivity index (χ1v) is 7.54. The fourth-order valence-corrected chi connectivity index (χ4v) is 2.05. The largest absolute Gasteiger partial charge is 0.399 e. The molecule has 0 aliphatic heterocycles. The molecule has 0 heterocycles. The average molecular weight is 299 g/mol. The van der Waals surface area contributed by atoms with Gasteiger partial charge in [-0.25, -0.2) is 0 Å². The molecule has 0 aliphatic carbocycles. The number of rotatable bonds is 3. The molecule has 0 aromatic heterocycles. The molecule has 0 bridgehead atoms. The highest BCUT2D eigenvalue weighted by molar-refractivity contribution is 5.74. The summed E-state index contributed by atoms with van der Waals surface area (Å²) in [5.74, 6) is 0. The quantitative estimate of drug-likeness (QED) is 0.482. The van der Waals surface area contributed by atoms with E-state index in [1.54, 1.807) is 0 Å². The number of para-hydroxylation sites is 1. The molecule has 0 radical (unpaired) electrons. The summed E-state index contributed by atoms with van der Waals surface area (Å²) < 4.78 is 0. The molecule has 3 aromatic rings. The summed E-state index contributed by atoms with van der Waals surface area (Å²) in [5, 5.41) is 0. The highest BCUT2D eigenvalue weighted by Gasteiger charge is 1.92. The second kappa shape index (κ2) is 9.06. The number of nitrogen functional groups attached to an aromatic ring is 1. The normalized spacial score (nSPS) is 9.91. The average Bonchev–Trinajstić information content (AvgIpc) is 2.62. The third-order valence-electron chi connectivity index (χ3n) is 3.27. The van der Waals surface area contributed by atoms with Crippen molar-refractivity contribution in [2.75, 3.05) is 5.73 Å². The fourth-order valence-electron chi connectivity index (χ4n) is 2.05. The van der Waals surface area contributed by atoms with Crippen molar-refractivity contribution in [3.8, 4) is 0 Å². The number of nitrogens with two attached hydrogens (primary N) is 1. The van der Waals surface area contributed by atoms with Crippen LogP contribution in [0.4, 0.5) is 5.69 Å². The summed E-state index contributed by atoms with van der Waals surface area (Å²) in [6, 6.07) is 28.0. The van der Waals surface area contributed by atoms with Crippen LogP contribution < -0.4 is 5.73 Å². The molecule has 0 spiro atoms. The molecule has 1 heteroatoms. The first-order valence-electron chi connectivity index (χ1n) is 7.54. The van der Waals surface area contributed by atoms with Crippen molar-refractivity contribution in [3.63, 3.8) is 0 Å². The Morgan fingerprint density at radius 2 is 1.13 bits per heavy atom. The first-order chi connectivity index (χ1) is 11.3. The first kappa shape index (κ1) is 16.3. The van der Waals surface area contributed by atoms with E-state index < -0.39 is 0 Å². The van der Waals surface area contributed by atoms with Gasteiger partial charge in [-0.1, -0.05) is 97.6 Å². The van der Waals surface area contributed by atoms with E-state index in [1.165, 1.54) is 11.1 Å². The van der Waals surface area contributed by atoms with Gasteiger partial charge < -0.3 is 5.73 Å². The Hall–Kier alpha value is -3.06. The smallest absolute Gasteiger partial charge is 0.0313 e. The Morgan fingerprint density at radius 1 is 0.609 bits per heavy atom. The lowest BCUT2D eigenvalue weighted by Gasteiger charge is -1.99. The van der Waals surface area contributed by atoms with Crippen molar-refractivity contribution >= 4 is 23.9 Å². The molecular formula is C22H21N. The second-order valence-electron chi connectivity index (χ2n) is 4.99. The topological polar surface area (TPSA) is 26.0 Å². The van der Waals surface area contributed by atoms with Crippen LogP contribution in [0.15, 0.2) is 91.5 Å². The van der Waals surface area contributed by atoms with Crippen LogP contribution >= 0.6 is 0 Å². The van der Waals surface area contributed by atoms with E-state index in [1.807, 2.05) is 66.7 Å². The van der Waals surface area contributed by atoms with Gasteiger partial charge in [0.25, 0.3) is 0 Å². The number of hydrogen-bond acceptors (Lipinski definition) is 1. The predicted octanol–water partition coefficient (Wildman–Crippen LogP) is 5.77. The molecule has 0 fully saturated rings. The molecule has 2 N–H and O–H groups in total.